The third kappa shape index (κ3) is 2.37. The molecule has 2 heterocycles. The van der Waals surface area contributed by atoms with Gasteiger partial charge in [-0.25, -0.2) is 4.79 Å². The Morgan fingerprint density at radius 2 is 2.16 bits per heavy atom. The summed E-state index contributed by atoms with van der Waals surface area (Å²) in [6.45, 7) is 6.02. The van der Waals surface area contributed by atoms with Gasteiger partial charge in [0.2, 0.25) is 0 Å². The van der Waals surface area contributed by atoms with Gasteiger partial charge in [-0.3, -0.25) is 4.79 Å². The van der Waals surface area contributed by atoms with E-state index in [1.807, 2.05) is 13.8 Å². The molecule has 0 saturated carbocycles. The molecule has 5 heteroatoms. The van der Waals surface area contributed by atoms with Crippen molar-refractivity contribution in [3.8, 4) is 0 Å². The largest absolute Gasteiger partial charge is 0.480 e. The molecule has 1 atom stereocenters. The van der Waals surface area contributed by atoms with Crippen LogP contribution in [0.1, 0.15) is 42.8 Å². The quantitative estimate of drug-likeness (QED) is 0.890. The standard InChI is InChI=1S/C14H19NO4/c1-9-5-8-19-10(9)12(16)15-7-4-6-14(2,3)11(15)13(17)18/h5,8,11H,4,6-7H2,1-3H3,(H,17,18). The molecule has 0 aromatic carbocycles. The molecule has 0 bridgehead atoms. The average Bonchev–Trinajstić information content (AvgIpc) is 2.72. The van der Waals surface area contributed by atoms with E-state index in [-0.39, 0.29) is 11.7 Å². The lowest BCUT2D eigenvalue weighted by Gasteiger charge is -2.43. The van der Waals surface area contributed by atoms with E-state index in [0.29, 0.717) is 6.54 Å². The highest BCUT2D eigenvalue weighted by Crippen LogP contribution is 2.36. The second-order valence-corrected chi connectivity index (χ2v) is 5.76. The maximum atomic E-state index is 12.5. The zero-order chi connectivity index (χ0) is 14.2. The van der Waals surface area contributed by atoms with E-state index in [4.69, 9.17) is 4.42 Å². The third-order valence-electron chi connectivity index (χ3n) is 3.82. The van der Waals surface area contributed by atoms with Gasteiger partial charge in [-0.1, -0.05) is 13.8 Å². The molecule has 1 aliphatic heterocycles. The molecule has 0 aliphatic carbocycles. The van der Waals surface area contributed by atoms with Gasteiger partial charge in [-0.15, -0.1) is 0 Å². The van der Waals surface area contributed by atoms with Crippen molar-refractivity contribution in [2.45, 2.75) is 39.7 Å². The Kier molecular flexibility index (Phi) is 3.39. The predicted molar refractivity (Wildman–Crippen MR) is 68.9 cm³/mol. The molecule has 1 fully saturated rings. The first-order chi connectivity index (χ1) is 8.84. The van der Waals surface area contributed by atoms with Crippen LogP contribution in [-0.4, -0.2) is 34.5 Å². The summed E-state index contributed by atoms with van der Waals surface area (Å²) in [6.07, 6.45) is 3.06. The zero-order valence-corrected chi connectivity index (χ0v) is 11.5. The fraction of sp³-hybridized carbons (Fsp3) is 0.571. The summed E-state index contributed by atoms with van der Waals surface area (Å²) < 4.78 is 5.19. The lowest BCUT2D eigenvalue weighted by molar-refractivity contribution is -0.148. The summed E-state index contributed by atoms with van der Waals surface area (Å²) in [5, 5.41) is 9.44. The summed E-state index contributed by atoms with van der Waals surface area (Å²) in [6, 6.07) is 0.899. The Labute approximate surface area is 112 Å². The number of hydrogen-bond acceptors (Lipinski definition) is 3. The third-order valence-corrected chi connectivity index (χ3v) is 3.82. The van der Waals surface area contributed by atoms with Crippen molar-refractivity contribution in [3.63, 3.8) is 0 Å². The fourth-order valence-electron chi connectivity index (χ4n) is 2.80. The maximum Gasteiger partial charge on any atom is 0.326 e. The number of aryl methyl sites for hydroxylation is 1. The molecule has 0 spiro atoms. The van der Waals surface area contributed by atoms with E-state index in [1.165, 1.54) is 11.2 Å². The van der Waals surface area contributed by atoms with Crippen LogP contribution in [0.3, 0.4) is 0 Å². The number of carboxylic acids is 1. The molecule has 1 unspecified atom stereocenters. The monoisotopic (exact) mass is 265 g/mol. The minimum atomic E-state index is -0.956. The van der Waals surface area contributed by atoms with E-state index < -0.39 is 17.4 Å². The van der Waals surface area contributed by atoms with Gasteiger partial charge in [0, 0.05) is 12.1 Å². The molecule has 1 aromatic rings. The van der Waals surface area contributed by atoms with Crippen LogP contribution < -0.4 is 0 Å². The van der Waals surface area contributed by atoms with Gasteiger partial charge in [-0.2, -0.15) is 0 Å². The molecular formula is C14H19NO4. The topological polar surface area (TPSA) is 70.8 Å². The van der Waals surface area contributed by atoms with E-state index >= 15 is 0 Å². The smallest absolute Gasteiger partial charge is 0.326 e. The molecule has 19 heavy (non-hydrogen) atoms. The number of likely N-dealkylation sites (tertiary alicyclic amines) is 1. The van der Waals surface area contributed by atoms with Gasteiger partial charge in [-0.05, 0) is 31.2 Å². The summed E-state index contributed by atoms with van der Waals surface area (Å²) in [5.74, 6) is -1.05. The van der Waals surface area contributed by atoms with E-state index in [9.17, 15) is 14.7 Å². The van der Waals surface area contributed by atoms with Gasteiger partial charge < -0.3 is 14.4 Å². The summed E-state index contributed by atoms with van der Waals surface area (Å²) in [7, 11) is 0. The normalized spacial score (nSPS) is 22.3. The fourth-order valence-corrected chi connectivity index (χ4v) is 2.80. The molecular weight excluding hydrogens is 246 g/mol. The summed E-state index contributed by atoms with van der Waals surface area (Å²) >= 11 is 0. The molecule has 1 N–H and O–H groups in total. The molecule has 1 aromatic heterocycles. The summed E-state index contributed by atoms with van der Waals surface area (Å²) in [4.78, 5) is 25.4. The molecule has 1 saturated heterocycles. The lowest BCUT2D eigenvalue weighted by Crippen LogP contribution is -2.56. The van der Waals surface area contributed by atoms with Crippen LogP contribution in [0.2, 0.25) is 0 Å². The Morgan fingerprint density at radius 3 is 2.68 bits per heavy atom. The van der Waals surface area contributed by atoms with Crippen LogP contribution in [0.25, 0.3) is 0 Å². The number of rotatable bonds is 2. The van der Waals surface area contributed by atoms with Gasteiger partial charge in [0.15, 0.2) is 5.76 Å². The van der Waals surface area contributed by atoms with Crippen molar-refractivity contribution in [2.75, 3.05) is 6.54 Å². The number of nitrogens with zero attached hydrogens (tertiary/aromatic N) is 1. The molecule has 5 nitrogen and oxygen atoms in total. The first-order valence-corrected chi connectivity index (χ1v) is 6.42. The number of furan rings is 1. The number of carbonyl (C=O) groups is 2. The van der Waals surface area contributed by atoms with Gasteiger partial charge in [0.1, 0.15) is 6.04 Å². The highest BCUT2D eigenvalue weighted by Gasteiger charge is 2.45. The van der Waals surface area contributed by atoms with Crippen LogP contribution in [0.5, 0.6) is 0 Å². The van der Waals surface area contributed by atoms with Gasteiger partial charge in [0.25, 0.3) is 5.91 Å². The number of hydrogen-bond donors (Lipinski definition) is 1. The number of carboxylic acid groups (broad SMARTS) is 1. The van der Waals surface area contributed by atoms with E-state index in [1.54, 1.807) is 13.0 Å². The predicted octanol–water partition coefficient (Wildman–Crippen LogP) is 2.30. The maximum absolute atomic E-state index is 12.5. The highest BCUT2D eigenvalue weighted by molar-refractivity contribution is 5.95. The second-order valence-electron chi connectivity index (χ2n) is 5.76. The van der Waals surface area contributed by atoms with Crippen molar-refractivity contribution >= 4 is 11.9 Å². The Hall–Kier alpha value is -1.78. The summed E-state index contributed by atoms with van der Waals surface area (Å²) in [5.41, 5.74) is 0.303. The Bertz CT molecular complexity index is 503. The van der Waals surface area contributed by atoms with Crippen molar-refractivity contribution in [1.82, 2.24) is 4.90 Å². The van der Waals surface area contributed by atoms with Crippen molar-refractivity contribution < 1.29 is 19.1 Å². The number of carbonyl (C=O) groups excluding carboxylic acids is 1. The first kappa shape index (κ1) is 13.6. The SMILES string of the molecule is Cc1ccoc1C(=O)N1CCCC(C)(C)C1C(=O)O. The van der Waals surface area contributed by atoms with Gasteiger partial charge in [0.05, 0.1) is 6.26 Å². The van der Waals surface area contributed by atoms with Crippen molar-refractivity contribution in [2.24, 2.45) is 5.41 Å². The van der Waals surface area contributed by atoms with Crippen LogP contribution >= 0.6 is 0 Å². The Morgan fingerprint density at radius 1 is 1.47 bits per heavy atom. The highest BCUT2D eigenvalue weighted by atomic mass is 16.4. The van der Waals surface area contributed by atoms with Crippen LogP contribution in [0.4, 0.5) is 0 Å². The first-order valence-electron chi connectivity index (χ1n) is 6.42. The second kappa shape index (κ2) is 4.72. The van der Waals surface area contributed by atoms with E-state index in [2.05, 4.69) is 0 Å². The number of aliphatic carboxylic acids is 1. The molecule has 104 valence electrons. The molecule has 0 radical (unpaired) electrons. The Balaban J connectivity index is 2.34. The van der Waals surface area contributed by atoms with Crippen LogP contribution in [0, 0.1) is 12.3 Å². The number of piperidine rings is 1. The van der Waals surface area contributed by atoms with Crippen molar-refractivity contribution in [1.29, 1.82) is 0 Å². The number of amides is 1. The van der Waals surface area contributed by atoms with E-state index in [0.717, 1.165) is 18.4 Å². The van der Waals surface area contributed by atoms with Crippen LogP contribution in [-0.2, 0) is 4.79 Å². The van der Waals surface area contributed by atoms with Gasteiger partial charge >= 0.3 is 5.97 Å². The zero-order valence-electron chi connectivity index (χ0n) is 11.5. The average molecular weight is 265 g/mol. The lowest BCUT2D eigenvalue weighted by atomic mass is 9.76. The van der Waals surface area contributed by atoms with Crippen LogP contribution in [0.15, 0.2) is 16.7 Å². The van der Waals surface area contributed by atoms with Crippen molar-refractivity contribution in [3.05, 3.63) is 23.7 Å². The minimum Gasteiger partial charge on any atom is -0.480 e. The minimum absolute atomic E-state index is 0.240. The molecule has 1 aliphatic rings. The molecule has 2 rings (SSSR count). The molecule has 1 amide bonds.